The molecule has 3 aromatic heterocycles. The van der Waals surface area contributed by atoms with E-state index in [1.165, 1.54) is 16.7 Å². The molecule has 29 heavy (non-hydrogen) atoms. The summed E-state index contributed by atoms with van der Waals surface area (Å²) in [5.74, 6) is 0.820. The van der Waals surface area contributed by atoms with E-state index in [4.69, 9.17) is 0 Å². The third-order valence-corrected chi connectivity index (χ3v) is 5.33. The Morgan fingerprint density at radius 3 is 2.72 bits per heavy atom. The average Bonchev–Trinajstić information content (AvgIpc) is 3.29. The quantitative estimate of drug-likeness (QED) is 0.477. The van der Waals surface area contributed by atoms with E-state index in [1.807, 2.05) is 21.5 Å². The molecule has 0 unspecified atom stereocenters. The van der Waals surface area contributed by atoms with Crippen LogP contribution in [-0.4, -0.2) is 24.4 Å². The molecule has 5 rings (SSSR count). The molecule has 1 N–H and O–H groups in total. The lowest BCUT2D eigenvalue weighted by Crippen LogP contribution is -2.02. The van der Waals surface area contributed by atoms with Crippen molar-refractivity contribution in [3.63, 3.8) is 0 Å². The zero-order valence-electron chi connectivity index (χ0n) is 16.5. The normalized spacial score (nSPS) is 11.4. The van der Waals surface area contributed by atoms with E-state index in [9.17, 15) is 0 Å². The van der Waals surface area contributed by atoms with Crippen molar-refractivity contribution in [1.82, 2.24) is 24.4 Å². The third kappa shape index (κ3) is 3.12. The Balaban J connectivity index is 1.49. The summed E-state index contributed by atoms with van der Waals surface area (Å²) in [6.07, 6.45) is 6.50. The zero-order chi connectivity index (χ0) is 19.8. The standard InChI is InChI=1S/C23H22N6/c1-3-20-16(2)13-29-22(20)23(24-15-26-29)27-19-9-10-21-18(11-19)12-25-28(21)14-17-7-5-4-6-8-17/h4-13,15H,3,14H2,1-2H3,(H,24,26,27). The minimum Gasteiger partial charge on any atom is -0.338 e. The smallest absolute Gasteiger partial charge is 0.158 e. The van der Waals surface area contributed by atoms with Crippen molar-refractivity contribution >= 4 is 27.9 Å². The fraction of sp³-hybridized carbons (Fsp3) is 0.174. The van der Waals surface area contributed by atoms with Crippen molar-refractivity contribution < 1.29 is 0 Å². The lowest BCUT2D eigenvalue weighted by molar-refractivity contribution is 0.712. The number of nitrogens with one attached hydrogen (secondary N) is 1. The van der Waals surface area contributed by atoms with Crippen LogP contribution in [0.4, 0.5) is 11.5 Å². The molecular formula is C23H22N6. The minimum absolute atomic E-state index is 0.757. The minimum atomic E-state index is 0.757. The first-order valence-corrected chi connectivity index (χ1v) is 9.81. The second kappa shape index (κ2) is 7.05. The highest BCUT2D eigenvalue weighted by Gasteiger charge is 2.13. The molecule has 6 nitrogen and oxygen atoms in total. The lowest BCUT2D eigenvalue weighted by atomic mass is 10.1. The van der Waals surface area contributed by atoms with Crippen LogP contribution in [0.2, 0.25) is 0 Å². The molecule has 0 saturated heterocycles. The van der Waals surface area contributed by atoms with E-state index in [0.717, 1.165) is 40.9 Å². The van der Waals surface area contributed by atoms with Gasteiger partial charge in [-0.2, -0.15) is 10.2 Å². The maximum absolute atomic E-state index is 4.58. The molecule has 3 heterocycles. The highest BCUT2D eigenvalue weighted by molar-refractivity contribution is 5.85. The predicted molar refractivity (Wildman–Crippen MR) is 116 cm³/mol. The van der Waals surface area contributed by atoms with E-state index >= 15 is 0 Å². The van der Waals surface area contributed by atoms with Gasteiger partial charge in [0.1, 0.15) is 11.8 Å². The number of nitrogens with zero attached hydrogens (tertiary/aromatic N) is 5. The van der Waals surface area contributed by atoms with Crippen LogP contribution in [0.25, 0.3) is 16.4 Å². The highest BCUT2D eigenvalue weighted by atomic mass is 15.3. The third-order valence-electron chi connectivity index (χ3n) is 5.33. The summed E-state index contributed by atoms with van der Waals surface area (Å²) < 4.78 is 3.93. The summed E-state index contributed by atoms with van der Waals surface area (Å²) in [5, 5.41) is 13.5. The van der Waals surface area contributed by atoms with Crippen LogP contribution < -0.4 is 5.32 Å². The van der Waals surface area contributed by atoms with Gasteiger partial charge in [-0.1, -0.05) is 37.3 Å². The summed E-state index contributed by atoms with van der Waals surface area (Å²) in [6.45, 7) is 5.03. The van der Waals surface area contributed by atoms with Crippen LogP contribution >= 0.6 is 0 Å². The van der Waals surface area contributed by atoms with Gasteiger partial charge in [0, 0.05) is 17.3 Å². The second-order valence-electron chi connectivity index (χ2n) is 7.23. The molecule has 0 aliphatic heterocycles. The Labute approximate surface area is 168 Å². The molecule has 5 aromatic rings. The van der Waals surface area contributed by atoms with Crippen LogP contribution in [0.3, 0.4) is 0 Å². The lowest BCUT2D eigenvalue weighted by Gasteiger charge is -2.09. The molecule has 144 valence electrons. The first kappa shape index (κ1) is 17.4. The van der Waals surface area contributed by atoms with Gasteiger partial charge in [0.15, 0.2) is 5.82 Å². The summed E-state index contributed by atoms with van der Waals surface area (Å²) in [6, 6.07) is 16.7. The maximum Gasteiger partial charge on any atom is 0.158 e. The Morgan fingerprint density at radius 1 is 1.03 bits per heavy atom. The van der Waals surface area contributed by atoms with Crippen molar-refractivity contribution in [3.8, 4) is 0 Å². The molecule has 0 radical (unpaired) electrons. The SMILES string of the molecule is CCc1c(C)cn2ncnc(Nc3ccc4c(cnn4Cc4ccccc4)c3)c12. The summed E-state index contributed by atoms with van der Waals surface area (Å²) >= 11 is 0. The second-order valence-corrected chi connectivity index (χ2v) is 7.23. The van der Waals surface area contributed by atoms with Crippen molar-refractivity contribution in [2.75, 3.05) is 5.32 Å². The van der Waals surface area contributed by atoms with Crippen molar-refractivity contribution in [3.05, 3.63) is 83.9 Å². The van der Waals surface area contributed by atoms with Gasteiger partial charge in [-0.15, -0.1) is 0 Å². The van der Waals surface area contributed by atoms with E-state index < -0.39 is 0 Å². The molecule has 0 amide bonds. The van der Waals surface area contributed by atoms with Gasteiger partial charge in [0.05, 0.1) is 18.3 Å². The summed E-state index contributed by atoms with van der Waals surface area (Å²) in [5.41, 5.74) is 6.86. The average molecular weight is 382 g/mol. The van der Waals surface area contributed by atoms with Gasteiger partial charge < -0.3 is 5.32 Å². The van der Waals surface area contributed by atoms with Crippen molar-refractivity contribution in [2.45, 2.75) is 26.8 Å². The fourth-order valence-corrected chi connectivity index (χ4v) is 3.92. The van der Waals surface area contributed by atoms with E-state index in [-0.39, 0.29) is 0 Å². The number of hydrogen-bond donors (Lipinski definition) is 1. The van der Waals surface area contributed by atoms with Gasteiger partial charge in [0.25, 0.3) is 0 Å². The zero-order valence-corrected chi connectivity index (χ0v) is 16.5. The first-order valence-electron chi connectivity index (χ1n) is 9.81. The van der Waals surface area contributed by atoms with Gasteiger partial charge in [-0.05, 0) is 48.2 Å². The fourth-order valence-electron chi connectivity index (χ4n) is 3.92. The monoisotopic (exact) mass is 382 g/mol. The van der Waals surface area contributed by atoms with Crippen LogP contribution in [0.15, 0.2) is 67.3 Å². The number of aryl methyl sites for hydroxylation is 2. The number of fused-ring (bicyclic) bond motifs is 2. The largest absolute Gasteiger partial charge is 0.338 e. The number of benzene rings is 2. The summed E-state index contributed by atoms with van der Waals surface area (Å²) in [7, 11) is 0. The molecule has 0 aliphatic carbocycles. The molecule has 0 bridgehead atoms. The van der Waals surface area contributed by atoms with E-state index in [2.05, 4.69) is 83.0 Å². The summed E-state index contributed by atoms with van der Waals surface area (Å²) in [4.78, 5) is 4.50. The molecule has 0 saturated carbocycles. The van der Waals surface area contributed by atoms with Crippen molar-refractivity contribution in [2.24, 2.45) is 0 Å². The Hall–Kier alpha value is -3.67. The predicted octanol–water partition coefficient (Wildman–Crippen LogP) is 4.74. The molecule has 0 aliphatic rings. The van der Waals surface area contributed by atoms with Crippen molar-refractivity contribution in [1.29, 1.82) is 0 Å². The molecule has 0 atom stereocenters. The van der Waals surface area contributed by atoms with Crippen LogP contribution in [-0.2, 0) is 13.0 Å². The topological polar surface area (TPSA) is 60.0 Å². The molecule has 0 fully saturated rings. The van der Waals surface area contributed by atoms with Crippen LogP contribution in [0.5, 0.6) is 0 Å². The van der Waals surface area contributed by atoms with E-state index in [0.29, 0.717) is 0 Å². The molecule has 2 aromatic carbocycles. The molecule has 6 heteroatoms. The number of anilines is 2. The Morgan fingerprint density at radius 2 is 1.90 bits per heavy atom. The van der Waals surface area contributed by atoms with E-state index in [1.54, 1.807) is 6.33 Å². The Kier molecular flexibility index (Phi) is 4.24. The molecular weight excluding hydrogens is 360 g/mol. The number of rotatable bonds is 5. The Bertz CT molecular complexity index is 1300. The van der Waals surface area contributed by atoms with Gasteiger partial charge in [-0.3, -0.25) is 4.68 Å². The first-order chi connectivity index (χ1) is 14.2. The van der Waals surface area contributed by atoms with Gasteiger partial charge in [-0.25, -0.2) is 9.50 Å². The number of aromatic nitrogens is 5. The van der Waals surface area contributed by atoms with Gasteiger partial charge in [0.2, 0.25) is 0 Å². The molecule has 0 spiro atoms. The highest BCUT2D eigenvalue weighted by Crippen LogP contribution is 2.27. The van der Waals surface area contributed by atoms with Crippen LogP contribution in [0.1, 0.15) is 23.6 Å². The van der Waals surface area contributed by atoms with Gasteiger partial charge >= 0.3 is 0 Å². The maximum atomic E-state index is 4.58. The van der Waals surface area contributed by atoms with Crippen LogP contribution in [0, 0.1) is 6.92 Å². The number of hydrogen-bond acceptors (Lipinski definition) is 4.